The van der Waals surface area contributed by atoms with Gasteiger partial charge in [0.05, 0.1) is 17.3 Å². The number of carbonyl (C=O) groups excluding carboxylic acids is 1. The zero-order valence-electron chi connectivity index (χ0n) is 20.0. The van der Waals surface area contributed by atoms with E-state index in [9.17, 15) is 31.5 Å². The number of hydrogen-bond donors (Lipinski definition) is 1. The van der Waals surface area contributed by atoms with Crippen molar-refractivity contribution < 1.29 is 35.9 Å². The highest BCUT2D eigenvalue weighted by Gasteiger charge is 2.40. The lowest BCUT2D eigenvalue weighted by Gasteiger charge is -2.21. The Balaban J connectivity index is 1.30. The smallest absolute Gasteiger partial charge is 0.417 e. The number of Topliss-reactive ketones (excluding diaryl/α,β-unsaturated/α-hetero) is 1. The van der Waals surface area contributed by atoms with Crippen molar-refractivity contribution >= 4 is 26.8 Å². The predicted octanol–water partition coefficient (Wildman–Crippen LogP) is 5.57. The zero-order valence-corrected chi connectivity index (χ0v) is 20.8. The summed E-state index contributed by atoms with van der Waals surface area (Å²) in [6.07, 6.45) is -2.60. The highest BCUT2D eigenvalue weighted by molar-refractivity contribution is 7.89. The van der Waals surface area contributed by atoms with Gasteiger partial charge in [0.15, 0.2) is 5.78 Å². The van der Waals surface area contributed by atoms with Gasteiger partial charge in [0, 0.05) is 36.2 Å². The highest BCUT2D eigenvalue weighted by atomic mass is 32.2. The van der Waals surface area contributed by atoms with E-state index < -0.39 is 27.8 Å². The van der Waals surface area contributed by atoms with Gasteiger partial charge in [-0.2, -0.15) is 17.5 Å². The molecule has 4 aromatic rings. The van der Waals surface area contributed by atoms with Crippen molar-refractivity contribution in [2.75, 3.05) is 6.54 Å². The zero-order chi connectivity index (χ0) is 27.1. The maximum Gasteiger partial charge on any atom is 0.417 e. The fraction of sp³-hybridized carbons (Fsp3) is 0.259. The molecule has 2 aromatic carbocycles. The Labute approximate surface area is 216 Å². The van der Waals surface area contributed by atoms with Crippen LogP contribution in [0.2, 0.25) is 0 Å². The molecule has 1 unspecified atom stereocenters. The number of phenolic OH excluding ortho intramolecular Hbond substituents is 1. The molecule has 1 aliphatic heterocycles. The fourth-order valence-corrected chi connectivity index (χ4v) is 6.28. The Bertz CT molecular complexity index is 1560. The van der Waals surface area contributed by atoms with E-state index in [1.54, 1.807) is 36.4 Å². The van der Waals surface area contributed by atoms with Crippen LogP contribution in [0.25, 0.3) is 22.2 Å². The van der Waals surface area contributed by atoms with Crippen LogP contribution in [-0.4, -0.2) is 41.2 Å². The molecule has 0 amide bonds. The van der Waals surface area contributed by atoms with Crippen molar-refractivity contribution in [1.82, 2.24) is 9.29 Å². The predicted molar refractivity (Wildman–Crippen MR) is 133 cm³/mol. The van der Waals surface area contributed by atoms with E-state index in [0.717, 1.165) is 6.07 Å². The van der Waals surface area contributed by atoms with E-state index in [1.807, 2.05) is 0 Å². The molecule has 7 nitrogen and oxygen atoms in total. The minimum atomic E-state index is -4.53. The number of aromatic hydroxyl groups is 1. The number of ketones is 1. The summed E-state index contributed by atoms with van der Waals surface area (Å²) >= 11 is 0. The SMILES string of the molecule is O=C(CCc1ccc(O)c(-c2ccc(C(F)(F)F)cn2)c1)C1CCCN1S(=O)(=O)c1cc2ccccc2o1. The summed E-state index contributed by atoms with van der Waals surface area (Å²) < 4.78 is 71.9. The number of furan rings is 1. The Hall–Kier alpha value is -3.70. The number of benzene rings is 2. The second-order valence-corrected chi connectivity index (χ2v) is 10.9. The molecular formula is C27H23F3N2O5S. The first kappa shape index (κ1) is 25.9. The molecular weight excluding hydrogens is 521 g/mol. The van der Waals surface area contributed by atoms with Crippen molar-refractivity contribution in [3.63, 3.8) is 0 Å². The molecule has 0 radical (unpaired) electrons. The monoisotopic (exact) mass is 544 g/mol. The second-order valence-electron chi connectivity index (χ2n) is 9.12. The number of halogens is 3. The van der Waals surface area contributed by atoms with Gasteiger partial charge in [-0.05, 0) is 55.2 Å². The van der Waals surface area contributed by atoms with Gasteiger partial charge in [-0.1, -0.05) is 24.3 Å². The highest BCUT2D eigenvalue weighted by Crippen LogP contribution is 2.34. The van der Waals surface area contributed by atoms with Crippen molar-refractivity contribution in [3.8, 4) is 17.0 Å². The molecule has 3 heterocycles. The topological polar surface area (TPSA) is 101 Å². The molecule has 11 heteroatoms. The van der Waals surface area contributed by atoms with Gasteiger partial charge in [0.1, 0.15) is 11.3 Å². The minimum absolute atomic E-state index is 0.0431. The van der Waals surface area contributed by atoms with Crippen LogP contribution in [0.15, 0.2) is 76.4 Å². The van der Waals surface area contributed by atoms with E-state index in [0.29, 0.717) is 35.6 Å². The van der Waals surface area contributed by atoms with Crippen molar-refractivity contribution in [2.45, 2.75) is 43.0 Å². The molecule has 1 aliphatic rings. The number of pyridine rings is 1. The summed E-state index contributed by atoms with van der Waals surface area (Å²) in [5, 5.41) is 10.7. The van der Waals surface area contributed by atoms with Crippen LogP contribution in [0, 0.1) is 0 Å². The maximum absolute atomic E-state index is 13.3. The lowest BCUT2D eigenvalue weighted by atomic mass is 9.99. The standard InChI is InChI=1S/C27H23F3N2O5S/c28-27(29,30)19-9-10-21(31-16-19)20-14-17(7-11-23(20)33)8-12-24(34)22-5-3-13-32(22)38(35,36)26-15-18-4-1-2-6-25(18)37-26/h1-2,4,6-7,9-11,14-16,22,33H,3,5,8,12-13H2. The average molecular weight is 545 g/mol. The van der Waals surface area contributed by atoms with Crippen LogP contribution < -0.4 is 0 Å². The number of phenols is 1. The Morgan fingerprint density at radius 3 is 2.61 bits per heavy atom. The number of carbonyl (C=O) groups is 1. The molecule has 0 bridgehead atoms. The number of aryl methyl sites for hydroxylation is 1. The van der Waals surface area contributed by atoms with Crippen LogP contribution in [0.3, 0.4) is 0 Å². The van der Waals surface area contributed by atoms with Crippen LogP contribution in [-0.2, 0) is 27.4 Å². The van der Waals surface area contributed by atoms with Gasteiger partial charge in [0.2, 0.25) is 5.09 Å². The van der Waals surface area contributed by atoms with Crippen LogP contribution in [0.1, 0.15) is 30.4 Å². The Morgan fingerprint density at radius 2 is 1.89 bits per heavy atom. The largest absolute Gasteiger partial charge is 0.507 e. The van der Waals surface area contributed by atoms with Crippen molar-refractivity contribution in [1.29, 1.82) is 0 Å². The van der Waals surface area contributed by atoms with Crippen LogP contribution >= 0.6 is 0 Å². The molecule has 2 aromatic heterocycles. The third-order valence-corrected chi connectivity index (χ3v) is 8.39. The molecule has 1 fully saturated rings. The maximum atomic E-state index is 13.3. The fourth-order valence-electron chi connectivity index (χ4n) is 4.65. The summed E-state index contributed by atoms with van der Waals surface area (Å²) in [6, 6.07) is 14.2. The molecule has 38 heavy (non-hydrogen) atoms. The summed E-state index contributed by atoms with van der Waals surface area (Å²) in [7, 11) is -4.02. The van der Waals surface area contributed by atoms with Gasteiger partial charge in [-0.25, -0.2) is 8.42 Å². The van der Waals surface area contributed by atoms with Gasteiger partial charge in [-0.3, -0.25) is 9.78 Å². The van der Waals surface area contributed by atoms with Crippen molar-refractivity contribution in [2.24, 2.45) is 0 Å². The lowest BCUT2D eigenvalue weighted by molar-refractivity contribution is -0.137. The number of para-hydroxylation sites is 1. The number of hydrogen-bond acceptors (Lipinski definition) is 6. The molecule has 198 valence electrons. The number of alkyl halides is 3. The Morgan fingerprint density at radius 1 is 1.11 bits per heavy atom. The quantitative estimate of drug-likeness (QED) is 0.326. The molecule has 1 saturated heterocycles. The van der Waals surface area contributed by atoms with Gasteiger partial charge >= 0.3 is 6.18 Å². The van der Waals surface area contributed by atoms with Crippen molar-refractivity contribution in [3.05, 3.63) is 78.0 Å². The lowest BCUT2D eigenvalue weighted by Crippen LogP contribution is -2.40. The van der Waals surface area contributed by atoms with Crippen LogP contribution in [0.4, 0.5) is 13.2 Å². The van der Waals surface area contributed by atoms with E-state index in [-0.39, 0.29) is 47.3 Å². The number of fused-ring (bicyclic) bond motifs is 1. The molecule has 0 spiro atoms. The van der Waals surface area contributed by atoms with E-state index in [2.05, 4.69) is 4.98 Å². The van der Waals surface area contributed by atoms with Crippen LogP contribution in [0.5, 0.6) is 5.75 Å². The number of nitrogens with zero attached hydrogens (tertiary/aromatic N) is 2. The normalized spacial score (nSPS) is 16.8. The number of aromatic nitrogens is 1. The molecule has 5 rings (SSSR count). The van der Waals surface area contributed by atoms with E-state index in [4.69, 9.17) is 4.42 Å². The van der Waals surface area contributed by atoms with E-state index >= 15 is 0 Å². The van der Waals surface area contributed by atoms with E-state index in [1.165, 1.54) is 22.5 Å². The molecule has 1 N–H and O–H groups in total. The first-order valence-electron chi connectivity index (χ1n) is 11.9. The first-order valence-corrected chi connectivity index (χ1v) is 13.4. The average Bonchev–Trinajstić information content (AvgIpc) is 3.56. The number of sulfonamides is 1. The Kier molecular flexibility index (Phi) is 6.74. The molecule has 0 saturated carbocycles. The third kappa shape index (κ3) is 5.03. The third-order valence-electron chi connectivity index (χ3n) is 6.63. The van der Waals surface area contributed by atoms with Gasteiger partial charge in [0.25, 0.3) is 10.0 Å². The molecule has 0 aliphatic carbocycles. The first-order chi connectivity index (χ1) is 18.0. The number of rotatable bonds is 7. The van der Waals surface area contributed by atoms with Gasteiger partial charge < -0.3 is 9.52 Å². The summed E-state index contributed by atoms with van der Waals surface area (Å²) in [6.45, 7) is 0.207. The summed E-state index contributed by atoms with van der Waals surface area (Å²) in [5.41, 5.74) is 0.582. The minimum Gasteiger partial charge on any atom is -0.507 e. The second kappa shape index (κ2) is 9.88. The van der Waals surface area contributed by atoms with Gasteiger partial charge in [-0.15, -0.1) is 0 Å². The molecule has 1 atom stereocenters. The summed E-state index contributed by atoms with van der Waals surface area (Å²) in [4.78, 5) is 17.0. The summed E-state index contributed by atoms with van der Waals surface area (Å²) in [5.74, 6) is -0.407.